The van der Waals surface area contributed by atoms with Crippen molar-refractivity contribution in [1.82, 2.24) is 20.2 Å². The Bertz CT molecular complexity index is 1050. The van der Waals surface area contributed by atoms with Gasteiger partial charge in [0.05, 0.1) is 6.54 Å². The van der Waals surface area contributed by atoms with Crippen LogP contribution in [0.15, 0.2) is 60.9 Å². The maximum Gasteiger partial charge on any atom is 0.251 e. The molecule has 0 aliphatic rings. The van der Waals surface area contributed by atoms with Gasteiger partial charge in [0.15, 0.2) is 0 Å². The van der Waals surface area contributed by atoms with E-state index in [1.54, 1.807) is 41.2 Å². The minimum Gasteiger partial charge on any atom is -0.343 e. The smallest absolute Gasteiger partial charge is 0.251 e. The number of halogens is 1. The zero-order valence-corrected chi connectivity index (χ0v) is 18.1. The normalized spacial score (nSPS) is 12.3. The van der Waals surface area contributed by atoms with Gasteiger partial charge in [-0.3, -0.25) is 9.59 Å². The number of rotatable bonds is 6. The summed E-state index contributed by atoms with van der Waals surface area (Å²) in [4.78, 5) is 29.3. The number of amides is 2. The fourth-order valence-corrected chi connectivity index (χ4v) is 3.20. The topological polar surface area (TPSA) is 76.0 Å². The van der Waals surface area contributed by atoms with Crippen LogP contribution in [-0.4, -0.2) is 27.9 Å². The molecule has 0 saturated heterocycles. The number of imidazole rings is 1. The summed E-state index contributed by atoms with van der Waals surface area (Å²) in [5.41, 5.74) is 2.29. The lowest BCUT2D eigenvalue weighted by atomic mass is 9.87. The van der Waals surface area contributed by atoms with Gasteiger partial charge in [0.2, 0.25) is 5.91 Å². The molecular weight excluding hydrogens is 395 g/mol. The maximum absolute atomic E-state index is 13.3. The average molecular weight is 423 g/mol. The second kappa shape index (κ2) is 9.12. The highest BCUT2D eigenvalue weighted by atomic mass is 19.1. The van der Waals surface area contributed by atoms with Crippen molar-refractivity contribution in [1.29, 1.82) is 0 Å². The fourth-order valence-electron chi connectivity index (χ4n) is 3.20. The fraction of sp³-hybridized carbons (Fsp3) is 0.292. The molecule has 0 bridgehead atoms. The van der Waals surface area contributed by atoms with Crippen LogP contribution in [0.5, 0.6) is 0 Å². The van der Waals surface area contributed by atoms with E-state index in [1.807, 2.05) is 19.2 Å². The van der Waals surface area contributed by atoms with E-state index in [9.17, 15) is 14.0 Å². The standard InChI is InChI=1S/C24H27FN4O2/c1-24(2,3)18-9-5-17(6-10-18)23(31)27-15-20(30)28-21(22-26-13-14-29(22)4)16-7-11-19(25)12-8-16/h5-14,21H,15H2,1-4H3,(H,27,31)(H,28,30). The molecule has 7 heteroatoms. The summed E-state index contributed by atoms with van der Waals surface area (Å²) in [5.74, 6) is -0.467. The minimum atomic E-state index is -0.573. The number of carbonyl (C=O) groups excluding carboxylic acids is 2. The summed E-state index contributed by atoms with van der Waals surface area (Å²) in [5, 5.41) is 5.52. The third-order valence-electron chi connectivity index (χ3n) is 5.05. The third-order valence-corrected chi connectivity index (χ3v) is 5.05. The number of nitrogens with one attached hydrogen (secondary N) is 2. The van der Waals surface area contributed by atoms with Crippen molar-refractivity contribution in [3.8, 4) is 0 Å². The van der Waals surface area contributed by atoms with Crippen molar-refractivity contribution < 1.29 is 14.0 Å². The van der Waals surface area contributed by atoms with Gasteiger partial charge in [0, 0.05) is 25.0 Å². The molecule has 0 spiro atoms. The molecule has 1 heterocycles. The molecule has 6 nitrogen and oxygen atoms in total. The van der Waals surface area contributed by atoms with Crippen molar-refractivity contribution in [2.75, 3.05) is 6.54 Å². The summed E-state index contributed by atoms with van der Waals surface area (Å²) in [7, 11) is 1.81. The molecule has 0 fully saturated rings. The van der Waals surface area contributed by atoms with Gasteiger partial charge in [-0.15, -0.1) is 0 Å². The summed E-state index contributed by atoms with van der Waals surface area (Å²) in [6.45, 7) is 6.12. The van der Waals surface area contributed by atoms with E-state index < -0.39 is 6.04 Å². The largest absolute Gasteiger partial charge is 0.343 e. The first-order chi connectivity index (χ1) is 14.6. The van der Waals surface area contributed by atoms with Gasteiger partial charge in [-0.2, -0.15) is 0 Å². The quantitative estimate of drug-likeness (QED) is 0.639. The molecule has 162 valence electrons. The molecule has 2 aromatic carbocycles. The van der Waals surface area contributed by atoms with Crippen LogP contribution >= 0.6 is 0 Å². The van der Waals surface area contributed by atoms with Gasteiger partial charge in [0.25, 0.3) is 5.91 Å². The molecular formula is C24H27FN4O2. The Morgan fingerprint density at radius 3 is 2.26 bits per heavy atom. The van der Waals surface area contributed by atoms with Crippen LogP contribution in [0.4, 0.5) is 4.39 Å². The summed E-state index contributed by atoms with van der Waals surface area (Å²) in [6, 6.07) is 12.6. The molecule has 1 aromatic heterocycles. The highest BCUT2D eigenvalue weighted by Gasteiger charge is 2.21. The van der Waals surface area contributed by atoms with Crippen molar-refractivity contribution in [3.63, 3.8) is 0 Å². The highest BCUT2D eigenvalue weighted by Crippen LogP contribution is 2.22. The number of hydrogen-bond donors (Lipinski definition) is 2. The van der Waals surface area contributed by atoms with Crippen molar-refractivity contribution >= 4 is 11.8 Å². The predicted octanol–water partition coefficient (Wildman–Crippen LogP) is 3.49. The van der Waals surface area contributed by atoms with E-state index in [2.05, 4.69) is 36.4 Å². The van der Waals surface area contributed by atoms with E-state index in [1.165, 1.54) is 12.1 Å². The van der Waals surface area contributed by atoms with Crippen LogP contribution in [0, 0.1) is 5.82 Å². The van der Waals surface area contributed by atoms with Gasteiger partial charge < -0.3 is 15.2 Å². The van der Waals surface area contributed by atoms with Crippen molar-refractivity contribution in [2.45, 2.75) is 32.2 Å². The summed E-state index contributed by atoms with van der Waals surface area (Å²) < 4.78 is 15.1. The Hall–Kier alpha value is -3.48. The molecule has 0 saturated carbocycles. The van der Waals surface area contributed by atoms with Crippen molar-refractivity contribution in [2.24, 2.45) is 7.05 Å². The average Bonchev–Trinajstić information content (AvgIpc) is 3.16. The molecule has 0 aliphatic heterocycles. The molecule has 1 unspecified atom stereocenters. The van der Waals surface area contributed by atoms with E-state index in [0.717, 1.165) is 5.56 Å². The van der Waals surface area contributed by atoms with Crippen LogP contribution < -0.4 is 10.6 Å². The first-order valence-corrected chi connectivity index (χ1v) is 10.1. The zero-order valence-electron chi connectivity index (χ0n) is 18.1. The molecule has 2 N–H and O–H groups in total. The summed E-state index contributed by atoms with van der Waals surface area (Å²) >= 11 is 0. The zero-order chi connectivity index (χ0) is 22.6. The Kier molecular flexibility index (Phi) is 6.53. The van der Waals surface area contributed by atoms with Crippen LogP contribution in [0.2, 0.25) is 0 Å². The first-order valence-electron chi connectivity index (χ1n) is 10.1. The SMILES string of the molecule is Cn1ccnc1C(NC(=O)CNC(=O)c1ccc(C(C)(C)C)cc1)c1ccc(F)cc1. The van der Waals surface area contributed by atoms with Crippen LogP contribution in [0.1, 0.15) is 54.1 Å². The number of nitrogens with zero attached hydrogens (tertiary/aromatic N) is 2. The van der Waals surface area contributed by atoms with Crippen molar-refractivity contribution in [3.05, 3.63) is 89.3 Å². The lowest BCUT2D eigenvalue weighted by Gasteiger charge is -2.20. The minimum absolute atomic E-state index is 0.00473. The molecule has 3 aromatic rings. The molecule has 3 rings (SSSR count). The second-order valence-corrected chi connectivity index (χ2v) is 8.46. The number of carbonyl (C=O) groups is 2. The molecule has 0 radical (unpaired) electrons. The Labute approximate surface area is 181 Å². The number of hydrogen-bond acceptors (Lipinski definition) is 3. The van der Waals surface area contributed by atoms with Gasteiger partial charge in [-0.25, -0.2) is 9.37 Å². The van der Waals surface area contributed by atoms with E-state index in [4.69, 9.17) is 0 Å². The van der Waals surface area contributed by atoms with Gasteiger partial charge in [-0.1, -0.05) is 45.0 Å². The van der Waals surface area contributed by atoms with Crippen LogP contribution in [0.3, 0.4) is 0 Å². The highest BCUT2D eigenvalue weighted by molar-refractivity contribution is 5.96. The first kappa shape index (κ1) is 22.2. The lowest BCUT2D eigenvalue weighted by molar-refractivity contribution is -0.120. The van der Waals surface area contributed by atoms with Crippen LogP contribution in [-0.2, 0) is 17.3 Å². The van der Waals surface area contributed by atoms with Gasteiger partial charge in [0.1, 0.15) is 17.7 Å². The van der Waals surface area contributed by atoms with Gasteiger partial charge >= 0.3 is 0 Å². The number of benzene rings is 2. The van der Waals surface area contributed by atoms with Gasteiger partial charge in [-0.05, 0) is 40.8 Å². The maximum atomic E-state index is 13.3. The Balaban J connectivity index is 1.66. The number of aromatic nitrogens is 2. The monoisotopic (exact) mass is 422 g/mol. The van der Waals surface area contributed by atoms with E-state index >= 15 is 0 Å². The van der Waals surface area contributed by atoms with E-state index in [0.29, 0.717) is 17.0 Å². The predicted molar refractivity (Wildman–Crippen MR) is 117 cm³/mol. The van der Waals surface area contributed by atoms with E-state index in [-0.39, 0.29) is 29.6 Å². The third kappa shape index (κ3) is 5.57. The number of aryl methyl sites for hydroxylation is 1. The molecule has 1 atom stereocenters. The lowest BCUT2D eigenvalue weighted by Crippen LogP contribution is -2.39. The second-order valence-electron chi connectivity index (χ2n) is 8.46. The summed E-state index contributed by atoms with van der Waals surface area (Å²) in [6.07, 6.45) is 3.39. The Morgan fingerprint density at radius 2 is 1.71 bits per heavy atom. The van der Waals surface area contributed by atoms with Crippen LogP contribution in [0.25, 0.3) is 0 Å². The molecule has 2 amide bonds. The Morgan fingerprint density at radius 1 is 1.06 bits per heavy atom. The molecule has 0 aliphatic carbocycles. The molecule has 31 heavy (non-hydrogen) atoms.